The third-order valence-electron chi connectivity index (χ3n) is 3.26. The van der Waals surface area contributed by atoms with Crippen molar-refractivity contribution in [2.45, 2.75) is 13.5 Å². The van der Waals surface area contributed by atoms with Crippen molar-refractivity contribution in [3.63, 3.8) is 0 Å². The second-order valence-electron chi connectivity index (χ2n) is 4.69. The zero-order valence-corrected chi connectivity index (χ0v) is 12.4. The minimum Gasteiger partial charge on any atom is -0.380 e. The molecule has 0 radical (unpaired) electrons. The maximum Gasteiger partial charge on any atom is 0.138 e. The van der Waals surface area contributed by atoms with Crippen molar-refractivity contribution < 1.29 is 0 Å². The average molecular weight is 299 g/mol. The van der Waals surface area contributed by atoms with Gasteiger partial charge in [-0.2, -0.15) is 0 Å². The van der Waals surface area contributed by atoms with Gasteiger partial charge in [-0.15, -0.1) is 0 Å². The second kappa shape index (κ2) is 5.97. The first-order valence-electron chi connectivity index (χ1n) is 6.68. The molecule has 0 saturated carbocycles. The number of imidazole rings is 1. The molecule has 0 unspecified atom stereocenters. The molecular formula is C16H15ClN4. The van der Waals surface area contributed by atoms with E-state index < -0.39 is 0 Å². The van der Waals surface area contributed by atoms with Crippen LogP contribution in [0.4, 0.5) is 5.69 Å². The number of nitrogens with zero attached hydrogens (tertiary/aromatic N) is 3. The summed E-state index contributed by atoms with van der Waals surface area (Å²) in [6.45, 7) is 2.62. The third kappa shape index (κ3) is 3.06. The van der Waals surface area contributed by atoms with Crippen LogP contribution in [0.3, 0.4) is 0 Å². The van der Waals surface area contributed by atoms with Gasteiger partial charge in [0.2, 0.25) is 0 Å². The van der Waals surface area contributed by atoms with E-state index >= 15 is 0 Å². The van der Waals surface area contributed by atoms with Gasteiger partial charge in [-0.3, -0.25) is 4.57 Å². The first-order chi connectivity index (χ1) is 10.2. The first kappa shape index (κ1) is 13.6. The number of nitrogens with one attached hydrogen (secondary N) is 1. The molecule has 1 N–H and O–H groups in total. The molecular weight excluding hydrogens is 284 g/mol. The SMILES string of the molecule is Cc1nccn1-c1ccc(NCc2ccccc2Cl)cn1. The summed E-state index contributed by atoms with van der Waals surface area (Å²) in [6.07, 6.45) is 5.47. The smallest absolute Gasteiger partial charge is 0.138 e. The lowest BCUT2D eigenvalue weighted by Crippen LogP contribution is -2.02. The summed E-state index contributed by atoms with van der Waals surface area (Å²) in [5.74, 6) is 1.77. The van der Waals surface area contributed by atoms with Crippen LogP contribution in [-0.2, 0) is 6.54 Å². The Hall–Kier alpha value is -2.33. The van der Waals surface area contributed by atoms with Crippen molar-refractivity contribution in [1.82, 2.24) is 14.5 Å². The molecule has 3 aromatic rings. The van der Waals surface area contributed by atoms with Crippen LogP contribution in [0.1, 0.15) is 11.4 Å². The highest BCUT2D eigenvalue weighted by Gasteiger charge is 2.02. The molecule has 106 valence electrons. The van der Waals surface area contributed by atoms with Gasteiger partial charge in [-0.1, -0.05) is 29.8 Å². The molecule has 0 bridgehead atoms. The van der Waals surface area contributed by atoms with Crippen molar-refractivity contribution in [3.8, 4) is 5.82 Å². The highest BCUT2D eigenvalue weighted by Crippen LogP contribution is 2.17. The van der Waals surface area contributed by atoms with Gasteiger partial charge < -0.3 is 5.32 Å². The van der Waals surface area contributed by atoms with Crippen LogP contribution in [0.2, 0.25) is 5.02 Å². The summed E-state index contributed by atoms with van der Waals surface area (Å²) in [5, 5.41) is 4.08. The maximum absolute atomic E-state index is 6.13. The zero-order valence-electron chi connectivity index (χ0n) is 11.6. The van der Waals surface area contributed by atoms with Crippen LogP contribution in [0.5, 0.6) is 0 Å². The Balaban J connectivity index is 1.71. The minimum atomic E-state index is 0.671. The number of pyridine rings is 1. The summed E-state index contributed by atoms with van der Waals surface area (Å²) < 4.78 is 1.94. The van der Waals surface area contributed by atoms with Crippen molar-refractivity contribution in [2.24, 2.45) is 0 Å². The molecule has 2 heterocycles. The summed E-state index contributed by atoms with van der Waals surface area (Å²) in [6, 6.07) is 11.8. The molecule has 2 aromatic heterocycles. The zero-order chi connectivity index (χ0) is 14.7. The standard InChI is InChI=1S/C16H15ClN4/c1-12-18-8-9-21(12)16-7-6-14(11-20-16)19-10-13-4-2-3-5-15(13)17/h2-9,11,19H,10H2,1H3. The van der Waals surface area contributed by atoms with Crippen molar-refractivity contribution >= 4 is 17.3 Å². The Bertz CT molecular complexity index is 734. The van der Waals surface area contributed by atoms with Crippen LogP contribution in [-0.4, -0.2) is 14.5 Å². The van der Waals surface area contributed by atoms with Crippen LogP contribution in [0.15, 0.2) is 55.0 Å². The molecule has 0 atom stereocenters. The second-order valence-corrected chi connectivity index (χ2v) is 5.10. The number of aromatic nitrogens is 3. The molecule has 21 heavy (non-hydrogen) atoms. The third-order valence-corrected chi connectivity index (χ3v) is 3.63. The van der Waals surface area contributed by atoms with E-state index in [1.807, 2.05) is 60.3 Å². The van der Waals surface area contributed by atoms with E-state index in [-0.39, 0.29) is 0 Å². The molecule has 0 saturated heterocycles. The number of hydrogen-bond acceptors (Lipinski definition) is 3. The van der Waals surface area contributed by atoms with Crippen LogP contribution >= 0.6 is 11.6 Å². The molecule has 0 aliphatic carbocycles. The summed E-state index contributed by atoms with van der Waals surface area (Å²) in [4.78, 5) is 8.64. The van der Waals surface area contributed by atoms with Gasteiger partial charge in [-0.05, 0) is 30.7 Å². The van der Waals surface area contributed by atoms with E-state index in [2.05, 4.69) is 15.3 Å². The van der Waals surface area contributed by atoms with E-state index in [0.29, 0.717) is 6.54 Å². The number of aryl methyl sites for hydroxylation is 1. The average Bonchev–Trinajstić information content (AvgIpc) is 2.93. The van der Waals surface area contributed by atoms with Crippen molar-refractivity contribution in [1.29, 1.82) is 0 Å². The van der Waals surface area contributed by atoms with Crippen molar-refractivity contribution in [3.05, 3.63) is 71.4 Å². The number of rotatable bonds is 4. The Morgan fingerprint density at radius 2 is 2.00 bits per heavy atom. The molecule has 4 nitrogen and oxygen atoms in total. The van der Waals surface area contributed by atoms with Crippen LogP contribution in [0.25, 0.3) is 5.82 Å². The van der Waals surface area contributed by atoms with E-state index in [4.69, 9.17) is 11.6 Å². The van der Waals surface area contributed by atoms with E-state index in [0.717, 1.165) is 27.9 Å². The fourth-order valence-electron chi connectivity index (χ4n) is 2.09. The highest BCUT2D eigenvalue weighted by atomic mass is 35.5. The molecule has 1 aromatic carbocycles. The predicted molar refractivity (Wildman–Crippen MR) is 84.9 cm³/mol. The quantitative estimate of drug-likeness (QED) is 0.796. The van der Waals surface area contributed by atoms with E-state index in [1.165, 1.54) is 0 Å². The van der Waals surface area contributed by atoms with Gasteiger partial charge >= 0.3 is 0 Å². The maximum atomic E-state index is 6.13. The lowest BCUT2D eigenvalue weighted by atomic mass is 10.2. The molecule has 0 aliphatic rings. The lowest BCUT2D eigenvalue weighted by molar-refractivity contribution is 0.932. The normalized spacial score (nSPS) is 10.6. The summed E-state index contributed by atoms with van der Waals surface area (Å²) in [7, 11) is 0. The van der Waals surface area contributed by atoms with Gasteiger partial charge in [0.1, 0.15) is 11.6 Å². The largest absolute Gasteiger partial charge is 0.380 e. The predicted octanol–water partition coefficient (Wildman–Crippen LogP) is 3.84. The molecule has 5 heteroatoms. The highest BCUT2D eigenvalue weighted by molar-refractivity contribution is 6.31. The van der Waals surface area contributed by atoms with Gasteiger partial charge in [0.05, 0.1) is 11.9 Å². The fraction of sp³-hybridized carbons (Fsp3) is 0.125. The topological polar surface area (TPSA) is 42.7 Å². The summed E-state index contributed by atoms with van der Waals surface area (Å²) in [5.41, 5.74) is 2.02. The Labute approximate surface area is 128 Å². The molecule has 0 fully saturated rings. The molecule has 0 spiro atoms. The first-order valence-corrected chi connectivity index (χ1v) is 7.05. The van der Waals surface area contributed by atoms with Crippen LogP contribution in [0, 0.1) is 6.92 Å². The van der Waals surface area contributed by atoms with Gasteiger partial charge in [0, 0.05) is 24.0 Å². The minimum absolute atomic E-state index is 0.671. The van der Waals surface area contributed by atoms with Gasteiger partial charge in [0.15, 0.2) is 0 Å². The molecule has 3 rings (SSSR count). The number of halogens is 1. The van der Waals surface area contributed by atoms with Crippen LogP contribution < -0.4 is 5.32 Å². The number of hydrogen-bond donors (Lipinski definition) is 1. The molecule has 0 aliphatic heterocycles. The van der Waals surface area contributed by atoms with E-state index in [9.17, 15) is 0 Å². The van der Waals surface area contributed by atoms with Crippen molar-refractivity contribution in [2.75, 3.05) is 5.32 Å². The van der Waals surface area contributed by atoms with E-state index in [1.54, 1.807) is 6.20 Å². The Morgan fingerprint density at radius 3 is 2.67 bits per heavy atom. The number of anilines is 1. The Kier molecular flexibility index (Phi) is 3.88. The lowest BCUT2D eigenvalue weighted by Gasteiger charge is -2.09. The van der Waals surface area contributed by atoms with Gasteiger partial charge in [-0.25, -0.2) is 9.97 Å². The van der Waals surface area contributed by atoms with Gasteiger partial charge in [0.25, 0.3) is 0 Å². The Morgan fingerprint density at radius 1 is 1.14 bits per heavy atom. The molecule has 0 amide bonds. The fourth-order valence-corrected chi connectivity index (χ4v) is 2.29. The monoisotopic (exact) mass is 298 g/mol. The number of benzene rings is 1. The summed E-state index contributed by atoms with van der Waals surface area (Å²) >= 11 is 6.13.